The van der Waals surface area contributed by atoms with Crippen LogP contribution in [-0.2, 0) is 16.0 Å². The predicted molar refractivity (Wildman–Crippen MR) is 142 cm³/mol. The summed E-state index contributed by atoms with van der Waals surface area (Å²) in [7, 11) is 0. The molecule has 0 bridgehead atoms. The number of amides is 2. The van der Waals surface area contributed by atoms with E-state index < -0.39 is 6.04 Å². The second kappa shape index (κ2) is 9.03. The van der Waals surface area contributed by atoms with Crippen LogP contribution in [0.3, 0.4) is 0 Å². The molecule has 8 nitrogen and oxygen atoms in total. The normalized spacial score (nSPS) is 21.4. The van der Waals surface area contributed by atoms with Crippen LogP contribution in [0.15, 0.2) is 51.8 Å². The molecular formula is C28H27ClN4O4. The largest absolute Gasteiger partial charge is 0.360 e. The number of fused-ring (bicyclic) bond motifs is 4. The van der Waals surface area contributed by atoms with E-state index in [4.69, 9.17) is 16.1 Å². The molecule has 9 heteroatoms. The molecule has 6 rings (SSSR count). The number of nitrogens with one attached hydrogen (secondary N) is 1. The number of halogens is 1. The van der Waals surface area contributed by atoms with Gasteiger partial charge in [0.15, 0.2) is 0 Å². The van der Waals surface area contributed by atoms with E-state index in [0.717, 1.165) is 30.5 Å². The van der Waals surface area contributed by atoms with E-state index in [2.05, 4.69) is 10.5 Å². The topological polar surface area (TPSA) is 97.4 Å². The summed E-state index contributed by atoms with van der Waals surface area (Å²) in [5, 5.41) is 8.97. The zero-order valence-corrected chi connectivity index (χ0v) is 21.4. The smallest absolute Gasteiger partial charge is 0.264 e. The SMILES string of the molecule is CC(=O)N1c2ccccc2CC1C(=O)NC1CCCC(n2c(=O)c3c(C)onc3c3c(Cl)cccc32)C1. The number of para-hydroxylation sites is 1. The van der Waals surface area contributed by atoms with Crippen LogP contribution in [0, 0.1) is 6.92 Å². The maximum atomic E-state index is 13.7. The van der Waals surface area contributed by atoms with E-state index >= 15 is 0 Å². The minimum absolute atomic E-state index is 0.121. The fourth-order valence-corrected chi connectivity index (χ4v) is 6.41. The van der Waals surface area contributed by atoms with Crippen LogP contribution in [0.25, 0.3) is 21.8 Å². The monoisotopic (exact) mass is 518 g/mol. The molecule has 1 N–H and O–H groups in total. The van der Waals surface area contributed by atoms with Gasteiger partial charge in [0.25, 0.3) is 5.56 Å². The Morgan fingerprint density at radius 1 is 1.11 bits per heavy atom. The van der Waals surface area contributed by atoms with Crippen LogP contribution < -0.4 is 15.8 Å². The van der Waals surface area contributed by atoms with Crippen LogP contribution in [0.2, 0.25) is 5.02 Å². The lowest BCUT2D eigenvalue weighted by molar-refractivity contribution is -0.126. The molecular weight excluding hydrogens is 492 g/mol. The van der Waals surface area contributed by atoms with Crippen molar-refractivity contribution < 1.29 is 14.1 Å². The first-order valence-electron chi connectivity index (χ1n) is 12.6. The van der Waals surface area contributed by atoms with Crippen LogP contribution in [-0.4, -0.2) is 33.6 Å². The van der Waals surface area contributed by atoms with E-state index in [0.29, 0.717) is 45.4 Å². The summed E-state index contributed by atoms with van der Waals surface area (Å²) >= 11 is 6.57. The summed E-state index contributed by atoms with van der Waals surface area (Å²) in [5.74, 6) is 0.142. The number of pyridine rings is 1. The summed E-state index contributed by atoms with van der Waals surface area (Å²) < 4.78 is 7.18. The first-order valence-corrected chi connectivity index (χ1v) is 13.0. The zero-order chi connectivity index (χ0) is 25.8. The van der Waals surface area contributed by atoms with Gasteiger partial charge < -0.3 is 14.4 Å². The van der Waals surface area contributed by atoms with Crippen molar-refractivity contribution in [2.45, 2.75) is 64.1 Å². The minimum atomic E-state index is -0.575. The first kappa shape index (κ1) is 23.7. The van der Waals surface area contributed by atoms with E-state index in [1.54, 1.807) is 22.5 Å². The molecule has 1 saturated carbocycles. The van der Waals surface area contributed by atoms with Crippen LogP contribution in [0.5, 0.6) is 0 Å². The Bertz CT molecular complexity index is 1620. The Kier molecular flexibility index (Phi) is 5.79. The number of benzene rings is 2. The van der Waals surface area contributed by atoms with Crippen molar-refractivity contribution in [2.75, 3.05) is 4.90 Å². The molecule has 2 aromatic carbocycles. The third-order valence-corrected chi connectivity index (χ3v) is 8.07. The van der Waals surface area contributed by atoms with Crippen molar-refractivity contribution in [3.8, 4) is 0 Å². The van der Waals surface area contributed by atoms with Crippen molar-refractivity contribution in [1.29, 1.82) is 0 Å². The number of carbonyl (C=O) groups is 2. The Labute approximate surface area is 218 Å². The second-order valence-corrected chi connectivity index (χ2v) is 10.4. The average molecular weight is 519 g/mol. The van der Waals surface area contributed by atoms with Gasteiger partial charge in [-0.15, -0.1) is 0 Å². The molecule has 190 valence electrons. The third kappa shape index (κ3) is 3.82. The lowest BCUT2D eigenvalue weighted by atomic mass is 9.89. The fraction of sp³-hybridized carbons (Fsp3) is 0.357. The van der Waals surface area contributed by atoms with Crippen molar-refractivity contribution >= 4 is 50.9 Å². The molecule has 0 spiro atoms. The van der Waals surface area contributed by atoms with Crippen molar-refractivity contribution in [1.82, 2.24) is 15.0 Å². The Morgan fingerprint density at radius 2 is 1.92 bits per heavy atom. The van der Waals surface area contributed by atoms with Crippen molar-refractivity contribution in [3.63, 3.8) is 0 Å². The highest BCUT2D eigenvalue weighted by Crippen LogP contribution is 2.36. The van der Waals surface area contributed by atoms with Crippen LogP contribution in [0.1, 0.15) is 50.0 Å². The van der Waals surface area contributed by atoms with Crippen LogP contribution >= 0.6 is 11.6 Å². The van der Waals surface area contributed by atoms with Gasteiger partial charge in [0.2, 0.25) is 11.8 Å². The zero-order valence-electron chi connectivity index (χ0n) is 20.7. The molecule has 37 heavy (non-hydrogen) atoms. The number of nitrogens with zero attached hydrogens (tertiary/aromatic N) is 3. The summed E-state index contributed by atoms with van der Waals surface area (Å²) in [4.78, 5) is 41.2. The van der Waals surface area contributed by atoms with Gasteiger partial charge in [-0.3, -0.25) is 19.3 Å². The number of hydrogen-bond acceptors (Lipinski definition) is 5. The van der Waals surface area contributed by atoms with Gasteiger partial charge in [-0.25, -0.2) is 0 Å². The Morgan fingerprint density at radius 3 is 2.73 bits per heavy atom. The maximum Gasteiger partial charge on any atom is 0.264 e. The van der Waals surface area contributed by atoms with Gasteiger partial charge in [0, 0.05) is 36.5 Å². The number of aryl methyl sites for hydroxylation is 1. The molecule has 3 atom stereocenters. The third-order valence-electron chi connectivity index (χ3n) is 7.76. The molecule has 2 aliphatic rings. The molecule has 0 saturated heterocycles. The van der Waals surface area contributed by atoms with Gasteiger partial charge in [-0.05, 0) is 56.4 Å². The molecule has 4 aromatic rings. The van der Waals surface area contributed by atoms with Gasteiger partial charge in [0.05, 0.1) is 10.5 Å². The molecule has 1 aliphatic heterocycles. The summed E-state index contributed by atoms with van der Waals surface area (Å²) in [6.45, 7) is 3.22. The highest BCUT2D eigenvalue weighted by molar-refractivity contribution is 6.37. The predicted octanol–water partition coefficient (Wildman–Crippen LogP) is 4.68. The standard InChI is InChI=1S/C28H27ClN4O4/c1-15-24-26(31-37-15)25-20(29)10-6-12-22(25)33(28(24)36)19-9-5-8-18(14-19)30-27(35)23-13-17-7-3-4-11-21(17)32(23)16(2)34/h3-4,6-7,10-12,18-19,23H,5,8-9,13-14H2,1-2H3,(H,30,35). The number of carbonyl (C=O) groups excluding carboxylic acids is 2. The summed E-state index contributed by atoms with van der Waals surface area (Å²) in [6.07, 6.45) is 3.56. The molecule has 3 heterocycles. The number of hydrogen-bond donors (Lipinski definition) is 1. The van der Waals surface area contributed by atoms with Gasteiger partial charge in [0.1, 0.15) is 22.7 Å². The van der Waals surface area contributed by atoms with Crippen molar-refractivity contribution in [2.24, 2.45) is 0 Å². The molecule has 0 radical (unpaired) electrons. The first-order chi connectivity index (χ1) is 17.8. The summed E-state index contributed by atoms with van der Waals surface area (Å²) in [6, 6.07) is 12.3. The molecule has 1 fully saturated rings. The van der Waals surface area contributed by atoms with Gasteiger partial charge >= 0.3 is 0 Å². The maximum absolute atomic E-state index is 13.7. The number of anilines is 1. The molecule has 2 amide bonds. The van der Waals surface area contributed by atoms with E-state index in [1.807, 2.05) is 36.4 Å². The highest BCUT2D eigenvalue weighted by atomic mass is 35.5. The second-order valence-electron chi connectivity index (χ2n) is 10.0. The number of rotatable bonds is 3. The molecule has 3 unspecified atom stereocenters. The Hall–Kier alpha value is -3.65. The fourth-order valence-electron chi connectivity index (χ4n) is 6.15. The van der Waals surface area contributed by atoms with Gasteiger partial charge in [-0.2, -0.15) is 0 Å². The summed E-state index contributed by atoms with van der Waals surface area (Å²) in [5.41, 5.74) is 2.82. The average Bonchev–Trinajstić information content (AvgIpc) is 3.46. The molecule has 1 aliphatic carbocycles. The Balaban J connectivity index is 1.31. The highest BCUT2D eigenvalue weighted by Gasteiger charge is 2.38. The van der Waals surface area contributed by atoms with Gasteiger partial charge in [-0.1, -0.05) is 41.0 Å². The van der Waals surface area contributed by atoms with E-state index in [9.17, 15) is 14.4 Å². The minimum Gasteiger partial charge on any atom is -0.360 e. The van der Waals surface area contributed by atoms with E-state index in [-0.39, 0.29) is 29.5 Å². The lowest BCUT2D eigenvalue weighted by Gasteiger charge is -2.33. The van der Waals surface area contributed by atoms with Crippen molar-refractivity contribution in [3.05, 3.63) is 69.2 Å². The molecule has 2 aromatic heterocycles. The quantitative estimate of drug-likeness (QED) is 0.424. The number of aromatic nitrogens is 2. The van der Waals surface area contributed by atoms with Crippen LogP contribution in [0.4, 0.5) is 5.69 Å². The lowest BCUT2D eigenvalue weighted by Crippen LogP contribution is -2.51. The van der Waals surface area contributed by atoms with E-state index in [1.165, 1.54) is 6.92 Å².